The first-order valence-corrected chi connectivity index (χ1v) is 6.03. The SMILES string of the molecule is Cc1c(CC(=O)O)cccc1CC(=O)CBr. The van der Waals surface area contributed by atoms with Crippen molar-refractivity contribution in [3.8, 4) is 0 Å². The number of benzene rings is 1. The summed E-state index contributed by atoms with van der Waals surface area (Å²) < 4.78 is 0. The van der Waals surface area contributed by atoms with Crippen molar-refractivity contribution in [3.05, 3.63) is 34.9 Å². The molecule has 0 amide bonds. The summed E-state index contributed by atoms with van der Waals surface area (Å²) in [6.07, 6.45) is 0.354. The second-order valence-corrected chi connectivity index (χ2v) is 4.18. The quantitative estimate of drug-likeness (QED) is 0.843. The molecule has 0 fully saturated rings. The fourth-order valence-electron chi connectivity index (χ4n) is 1.54. The fraction of sp³-hybridized carbons (Fsp3) is 0.333. The molecule has 1 rings (SSSR count). The molecular weight excluding hydrogens is 272 g/mol. The van der Waals surface area contributed by atoms with E-state index >= 15 is 0 Å². The van der Waals surface area contributed by atoms with Gasteiger partial charge in [-0.25, -0.2) is 0 Å². The van der Waals surface area contributed by atoms with Crippen molar-refractivity contribution in [2.24, 2.45) is 0 Å². The number of carbonyl (C=O) groups excluding carboxylic acids is 1. The molecule has 0 radical (unpaired) electrons. The largest absolute Gasteiger partial charge is 0.481 e. The number of alkyl halides is 1. The number of carboxylic acid groups (broad SMARTS) is 1. The molecule has 0 aliphatic carbocycles. The number of ketones is 1. The molecule has 0 heterocycles. The maximum absolute atomic E-state index is 11.3. The zero-order chi connectivity index (χ0) is 12.1. The third-order valence-electron chi connectivity index (χ3n) is 2.44. The third kappa shape index (κ3) is 3.45. The van der Waals surface area contributed by atoms with Gasteiger partial charge in [-0.05, 0) is 23.6 Å². The summed E-state index contributed by atoms with van der Waals surface area (Å²) in [7, 11) is 0. The molecule has 0 bridgehead atoms. The molecule has 3 nitrogen and oxygen atoms in total. The minimum Gasteiger partial charge on any atom is -0.481 e. The first-order valence-electron chi connectivity index (χ1n) is 4.91. The van der Waals surface area contributed by atoms with Crippen LogP contribution in [-0.4, -0.2) is 22.2 Å². The van der Waals surface area contributed by atoms with Gasteiger partial charge in [0, 0.05) is 6.42 Å². The van der Waals surface area contributed by atoms with E-state index in [4.69, 9.17) is 5.11 Å². The topological polar surface area (TPSA) is 54.4 Å². The Kier molecular flexibility index (Phi) is 4.68. The smallest absolute Gasteiger partial charge is 0.307 e. The molecule has 0 saturated carbocycles. The summed E-state index contributed by atoms with van der Waals surface area (Å²) in [5, 5.41) is 9.06. The molecule has 0 saturated heterocycles. The summed E-state index contributed by atoms with van der Waals surface area (Å²) in [5.74, 6) is -0.761. The van der Waals surface area contributed by atoms with E-state index in [0.29, 0.717) is 11.8 Å². The lowest BCUT2D eigenvalue weighted by molar-refractivity contribution is -0.136. The van der Waals surface area contributed by atoms with Gasteiger partial charge in [-0.3, -0.25) is 9.59 Å². The Labute approximate surface area is 103 Å². The first kappa shape index (κ1) is 12.9. The van der Waals surface area contributed by atoms with Gasteiger partial charge in [-0.1, -0.05) is 34.1 Å². The van der Waals surface area contributed by atoms with Gasteiger partial charge in [0.1, 0.15) is 5.78 Å². The first-order chi connectivity index (χ1) is 7.54. The minimum absolute atomic E-state index is 0.00216. The molecular formula is C12H13BrO3. The van der Waals surface area contributed by atoms with Gasteiger partial charge in [0.15, 0.2) is 0 Å². The van der Waals surface area contributed by atoms with Crippen LogP contribution in [0.25, 0.3) is 0 Å². The number of halogens is 1. The molecule has 0 aliphatic rings. The van der Waals surface area contributed by atoms with E-state index in [9.17, 15) is 9.59 Å². The third-order valence-corrected chi connectivity index (χ3v) is 3.06. The van der Waals surface area contributed by atoms with Crippen LogP contribution < -0.4 is 0 Å². The van der Waals surface area contributed by atoms with Crippen molar-refractivity contribution in [1.82, 2.24) is 0 Å². The van der Waals surface area contributed by atoms with E-state index < -0.39 is 5.97 Å². The lowest BCUT2D eigenvalue weighted by atomic mass is 9.97. The fourth-order valence-corrected chi connectivity index (χ4v) is 1.74. The summed E-state index contributed by atoms with van der Waals surface area (Å²) in [6, 6.07) is 5.44. The number of carbonyl (C=O) groups is 2. The Balaban J connectivity index is 2.94. The second kappa shape index (κ2) is 5.80. The van der Waals surface area contributed by atoms with Gasteiger partial charge in [0.2, 0.25) is 0 Å². The van der Waals surface area contributed by atoms with Crippen molar-refractivity contribution >= 4 is 27.7 Å². The highest BCUT2D eigenvalue weighted by Gasteiger charge is 2.09. The van der Waals surface area contributed by atoms with Gasteiger partial charge in [0.25, 0.3) is 0 Å². The summed E-state index contributed by atoms with van der Waals surface area (Å²) >= 11 is 3.11. The highest BCUT2D eigenvalue weighted by Crippen LogP contribution is 2.15. The van der Waals surface area contributed by atoms with Crippen LogP contribution >= 0.6 is 15.9 Å². The van der Waals surface area contributed by atoms with Crippen LogP contribution in [0, 0.1) is 6.92 Å². The molecule has 1 aromatic rings. The van der Waals surface area contributed by atoms with Crippen LogP contribution in [0.15, 0.2) is 18.2 Å². The summed E-state index contributed by atoms with van der Waals surface area (Å²) in [5.41, 5.74) is 2.58. The molecule has 16 heavy (non-hydrogen) atoms. The van der Waals surface area contributed by atoms with Gasteiger partial charge >= 0.3 is 5.97 Å². The number of Topliss-reactive ketones (excluding diaryl/α,β-unsaturated/α-hetero) is 1. The Bertz CT molecular complexity index is 413. The maximum Gasteiger partial charge on any atom is 0.307 e. The lowest BCUT2D eigenvalue weighted by Gasteiger charge is -2.08. The molecule has 4 heteroatoms. The van der Waals surface area contributed by atoms with Crippen LogP contribution in [0.1, 0.15) is 16.7 Å². The molecule has 86 valence electrons. The van der Waals surface area contributed by atoms with Crippen molar-refractivity contribution in [3.63, 3.8) is 0 Å². The standard InChI is InChI=1S/C12H13BrO3/c1-8-9(5-11(14)7-13)3-2-4-10(8)6-12(15)16/h2-4H,5-7H2,1H3,(H,15,16). The van der Waals surface area contributed by atoms with Crippen molar-refractivity contribution in [2.75, 3.05) is 5.33 Å². The molecule has 0 aromatic heterocycles. The highest BCUT2D eigenvalue weighted by molar-refractivity contribution is 9.09. The van der Waals surface area contributed by atoms with E-state index in [-0.39, 0.29) is 12.2 Å². The average Bonchev–Trinajstić information content (AvgIpc) is 2.23. The normalized spacial score (nSPS) is 10.1. The Hall–Kier alpha value is -1.16. The van der Waals surface area contributed by atoms with Crippen LogP contribution in [-0.2, 0) is 22.4 Å². The number of rotatable bonds is 5. The zero-order valence-electron chi connectivity index (χ0n) is 9.00. The molecule has 0 atom stereocenters. The van der Waals surface area contributed by atoms with Gasteiger partial charge in [0.05, 0.1) is 11.8 Å². The van der Waals surface area contributed by atoms with E-state index in [1.54, 1.807) is 12.1 Å². The number of hydrogen-bond donors (Lipinski definition) is 1. The van der Waals surface area contributed by atoms with Crippen molar-refractivity contribution in [1.29, 1.82) is 0 Å². The number of carboxylic acids is 1. The maximum atomic E-state index is 11.3. The number of hydrogen-bond acceptors (Lipinski definition) is 2. The van der Waals surface area contributed by atoms with Gasteiger partial charge in [-0.2, -0.15) is 0 Å². The zero-order valence-corrected chi connectivity index (χ0v) is 10.6. The lowest BCUT2D eigenvalue weighted by Crippen LogP contribution is -2.08. The Morgan fingerprint density at radius 2 is 1.81 bits per heavy atom. The average molecular weight is 285 g/mol. The van der Waals surface area contributed by atoms with Gasteiger partial charge < -0.3 is 5.11 Å². The molecule has 0 spiro atoms. The van der Waals surface area contributed by atoms with Crippen LogP contribution in [0.2, 0.25) is 0 Å². The summed E-state index contributed by atoms with van der Waals surface area (Å²) in [4.78, 5) is 21.9. The van der Waals surface area contributed by atoms with Crippen molar-refractivity contribution < 1.29 is 14.7 Å². The minimum atomic E-state index is -0.855. The molecule has 0 unspecified atom stereocenters. The Morgan fingerprint density at radius 3 is 2.31 bits per heavy atom. The molecule has 0 aliphatic heterocycles. The van der Waals surface area contributed by atoms with E-state index in [2.05, 4.69) is 15.9 Å². The van der Waals surface area contributed by atoms with Crippen LogP contribution in [0.5, 0.6) is 0 Å². The van der Waals surface area contributed by atoms with Crippen molar-refractivity contribution in [2.45, 2.75) is 19.8 Å². The van der Waals surface area contributed by atoms with E-state index in [0.717, 1.165) is 16.7 Å². The molecule has 1 aromatic carbocycles. The van der Waals surface area contributed by atoms with Gasteiger partial charge in [-0.15, -0.1) is 0 Å². The number of aliphatic carboxylic acids is 1. The second-order valence-electron chi connectivity index (χ2n) is 3.62. The van der Waals surface area contributed by atoms with Crippen LogP contribution in [0.4, 0.5) is 0 Å². The molecule has 1 N–H and O–H groups in total. The predicted octanol–water partition coefficient (Wildman–Crippen LogP) is 2.13. The van der Waals surface area contributed by atoms with E-state index in [1.807, 2.05) is 13.0 Å². The predicted molar refractivity (Wildman–Crippen MR) is 65.0 cm³/mol. The van der Waals surface area contributed by atoms with E-state index in [1.165, 1.54) is 0 Å². The Morgan fingerprint density at radius 1 is 1.25 bits per heavy atom. The summed E-state index contributed by atoms with van der Waals surface area (Å²) in [6.45, 7) is 1.86. The monoisotopic (exact) mass is 284 g/mol. The van der Waals surface area contributed by atoms with Crippen LogP contribution in [0.3, 0.4) is 0 Å². The highest BCUT2D eigenvalue weighted by atomic mass is 79.9.